The lowest BCUT2D eigenvalue weighted by atomic mass is 10.2. The van der Waals surface area contributed by atoms with Crippen LogP contribution in [0.5, 0.6) is 5.75 Å². The van der Waals surface area contributed by atoms with Crippen molar-refractivity contribution in [3.8, 4) is 17.1 Å². The molecule has 0 radical (unpaired) electrons. The van der Waals surface area contributed by atoms with E-state index in [2.05, 4.69) is 22.1 Å². The van der Waals surface area contributed by atoms with Crippen LogP contribution in [0.3, 0.4) is 0 Å². The lowest BCUT2D eigenvalue weighted by Crippen LogP contribution is -2.15. The molecule has 160 valence electrons. The van der Waals surface area contributed by atoms with Gasteiger partial charge in [-0.3, -0.25) is 9.36 Å². The quantitative estimate of drug-likeness (QED) is 0.365. The van der Waals surface area contributed by atoms with Gasteiger partial charge in [0.15, 0.2) is 11.0 Å². The summed E-state index contributed by atoms with van der Waals surface area (Å²) in [6.45, 7) is 4.24. The Bertz CT molecular complexity index is 1120. The number of carbonyl (C=O) groups excluding carboxylic acids is 1. The summed E-state index contributed by atoms with van der Waals surface area (Å²) in [6, 6.07) is 11.5. The van der Waals surface area contributed by atoms with Gasteiger partial charge in [0.05, 0.1) is 29.1 Å². The van der Waals surface area contributed by atoms with E-state index in [0.29, 0.717) is 17.5 Å². The van der Waals surface area contributed by atoms with Crippen LogP contribution in [0, 0.1) is 0 Å². The predicted octanol–water partition coefficient (Wildman–Crippen LogP) is 4.22. The van der Waals surface area contributed by atoms with E-state index < -0.39 is 5.97 Å². The lowest BCUT2D eigenvalue weighted by molar-refractivity contribution is -0.113. The SMILES string of the molecule is C=CCn1c(SCC(=O)Nc2cc(C(=O)O)ccc2Cl)nnc1-c1ccc(OC)cc1. The van der Waals surface area contributed by atoms with Gasteiger partial charge in [-0.25, -0.2) is 4.79 Å². The number of aromatic carboxylic acids is 1. The minimum absolute atomic E-state index is 0.0298. The Kier molecular flexibility index (Phi) is 7.32. The second-order valence-corrected chi connectivity index (χ2v) is 7.62. The molecule has 0 unspecified atom stereocenters. The number of ether oxygens (including phenoxy) is 1. The van der Waals surface area contributed by atoms with Crippen molar-refractivity contribution in [2.45, 2.75) is 11.7 Å². The van der Waals surface area contributed by atoms with Crippen molar-refractivity contribution >= 4 is 40.9 Å². The first kappa shape index (κ1) is 22.4. The van der Waals surface area contributed by atoms with Crippen molar-refractivity contribution in [1.82, 2.24) is 14.8 Å². The zero-order chi connectivity index (χ0) is 22.4. The number of nitrogens with zero attached hydrogens (tertiary/aromatic N) is 3. The fourth-order valence-corrected chi connectivity index (χ4v) is 3.63. The summed E-state index contributed by atoms with van der Waals surface area (Å²) >= 11 is 7.26. The summed E-state index contributed by atoms with van der Waals surface area (Å²) in [5.74, 6) is -0.0530. The molecule has 0 saturated heterocycles. The van der Waals surface area contributed by atoms with Crippen LogP contribution in [0.2, 0.25) is 5.02 Å². The van der Waals surface area contributed by atoms with Crippen LogP contribution in [0.4, 0.5) is 5.69 Å². The number of nitrogens with one attached hydrogen (secondary N) is 1. The second kappa shape index (κ2) is 10.1. The van der Waals surface area contributed by atoms with E-state index >= 15 is 0 Å². The highest BCUT2D eigenvalue weighted by atomic mass is 35.5. The summed E-state index contributed by atoms with van der Waals surface area (Å²) in [5, 5.41) is 21.0. The normalized spacial score (nSPS) is 10.5. The maximum atomic E-state index is 12.4. The molecule has 0 spiro atoms. The first-order chi connectivity index (χ1) is 14.9. The van der Waals surface area contributed by atoms with Crippen molar-refractivity contribution < 1.29 is 19.4 Å². The Morgan fingerprint density at radius 3 is 2.65 bits per heavy atom. The number of carboxylic acid groups (broad SMARTS) is 1. The molecule has 0 atom stereocenters. The molecule has 1 heterocycles. The molecule has 0 bridgehead atoms. The van der Waals surface area contributed by atoms with E-state index in [1.165, 1.54) is 30.0 Å². The molecule has 2 aromatic carbocycles. The van der Waals surface area contributed by atoms with E-state index in [1.54, 1.807) is 13.2 Å². The number of methoxy groups -OCH3 is 1. The topological polar surface area (TPSA) is 106 Å². The number of carboxylic acids is 1. The van der Waals surface area contributed by atoms with Crippen LogP contribution in [0.15, 0.2) is 60.3 Å². The van der Waals surface area contributed by atoms with Crippen molar-refractivity contribution in [2.24, 2.45) is 0 Å². The monoisotopic (exact) mass is 458 g/mol. The van der Waals surface area contributed by atoms with Gasteiger partial charge in [0, 0.05) is 12.1 Å². The summed E-state index contributed by atoms with van der Waals surface area (Å²) in [4.78, 5) is 23.5. The van der Waals surface area contributed by atoms with E-state index in [4.69, 9.17) is 21.4 Å². The van der Waals surface area contributed by atoms with Crippen LogP contribution in [0.25, 0.3) is 11.4 Å². The average molecular weight is 459 g/mol. The molecule has 3 rings (SSSR count). The molecule has 2 N–H and O–H groups in total. The van der Waals surface area contributed by atoms with Gasteiger partial charge in [-0.1, -0.05) is 29.4 Å². The van der Waals surface area contributed by atoms with E-state index in [1.807, 2.05) is 28.8 Å². The zero-order valence-electron chi connectivity index (χ0n) is 16.5. The minimum atomic E-state index is -1.11. The number of rotatable bonds is 9. The summed E-state index contributed by atoms with van der Waals surface area (Å²) in [6.07, 6.45) is 1.72. The first-order valence-electron chi connectivity index (χ1n) is 9.07. The highest BCUT2D eigenvalue weighted by Gasteiger charge is 2.16. The molecule has 31 heavy (non-hydrogen) atoms. The molecule has 0 saturated carbocycles. The van der Waals surface area contributed by atoms with E-state index in [-0.39, 0.29) is 27.9 Å². The Morgan fingerprint density at radius 1 is 1.26 bits per heavy atom. The van der Waals surface area contributed by atoms with E-state index in [0.717, 1.165) is 11.3 Å². The molecule has 0 aliphatic heterocycles. The fraction of sp³-hybridized carbons (Fsp3) is 0.143. The smallest absolute Gasteiger partial charge is 0.335 e. The Balaban J connectivity index is 1.73. The zero-order valence-corrected chi connectivity index (χ0v) is 18.1. The van der Waals surface area contributed by atoms with Gasteiger partial charge in [-0.15, -0.1) is 16.8 Å². The van der Waals surface area contributed by atoms with Gasteiger partial charge in [0.25, 0.3) is 0 Å². The van der Waals surface area contributed by atoms with E-state index in [9.17, 15) is 9.59 Å². The molecule has 1 aromatic heterocycles. The van der Waals surface area contributed by atoms with Crippen molar-refractivity contribution in [3.63, 3.8) is 0 Å². The number of amides is 1. The number of carbonyl (C=O) groups is 2. The van der Waals surface area contributed by atoms with Crippen molar-refractivity contribution in [2.75, 3.05) is 18.2 Å². The Labute approximate surface area is 187 Å². The van der Waals surface area contributed by atoms with Crippen molar-refractivity contribution in [3.05, 3.63) is 65.7 Å². The molecule has 1 amide bonds. The molecule has 0 aliphatic carbocycles. The number of hydrogen-bond acceptors (Lipinski definition) is 6. The van der Waals surface area contributed by atoms with Crippen LogP contribution >= 0.6 is 23.4 Å². The summed E-state index contributed by atoms with van der Waals surface area (Å²) < 4.78 is 7.03. The molecule has 10 heteroatoms. The third-order valence-electron chi connectivity index (χ3n) is 4.20. The standard InChI is InChI=1S/C21H19ClN4O4S/c1-3-10-26-19(13-4-7-15(30-2)8-5-13)24-25-21(26)31-12-18(27)23-17-11-14(20(28)29)6-9-16(17)22/h3-9,11H,1,10,12H2,2H3,(H,23,27)(H,28,29). The van der Waals surface area contributed by atoms with Crippen LogP contribution in [0.1, 0.15) is 10.4 Å². The molecule has 8 nitrogen and oxygen atoms in total. The van der Waals surface area contributed by atoms with Gasteiger partial charge in [0.1, 0.15) is 5.75 Å². The maximum absolute atomic E-state index is 12.4. The average Bonchev–Trinajstić information content (AvgIpc) is 3.16. The third kappa shape index (κ3) is 5.44. The van der Waals surface area contributed by atoms with Gasteiger partial charge < -0.3 is 15.2 Å². The van der Waals surface area contributed by atoms with Crippen LogP contribution in [-0.2, 0) is 11.3 Å². The molecule has 0 aliphatic rings. The summed E-state index contributed by atoms with van der Waals surface area (Å²) in [7, 11) is 1.60. The fourth-order valence-electron chi connectivity index (χ4n) is 2.71. The van der Waals surface area contributed by atoms with Gasteiger partial charge in [-0.2, -0.15) is 0 Å². The number of anilines is 1. The minimum Gasteiger partial charge on any atom is -0.497 e. The predicted molar refractivity (Wildman–Crippen MR) is 120 cm³/mol. The van der Waals surface area contributed by atoms with Crippen LogP contribution < -0.4 is 10.1 Å². The number of aromatic nitrogens is 3. The number of benzene rings is 2. The summed E-state index contributed by atoms with van der Waals surface area (Å²) in [5.41, 5.74) is 1.12. The molecular weight excluding hydrogens is 440 g/mol. The number of hydrogen-bond donors (Lipinski definition) is 2. The second-order valence-electron chi connectivity index (χ2n) is 6.27. The van der Waals surface area contributed by atoms with Gasteiger partial charge >= 0.3 is 5.97 Å². The Hall–Kier alpha value is -3.30. The molecular formula is C21H19ClN4O4S. The van der Waals surface area contributed by atoms with Crippen molar-refractivity contribution in [1.29, 1.82) is 0 Å². The maximum Gasteiger partial charge on any atom is 0.335 e. The highest BCUT2D eigenvalue weighted by molar-refractivity contribution is 7.99. The molecule has 3 aromatic rings. The first-order valence-corrected chi connectivity index (χ1v) is 10.4. The highest BCUT2D eigenvalue weighted by Crippen LogP contribution is 2.27. The number of thioether (sulfide) groups is 1. The number of halogens is 1. The third-order valence-corrected chi connectivity index (χ3v) is 5.49. The largest absolute Gasteiger partial charge is 0.497 e. The van der Waals surface area contributed by atoms with Gasteiger partial charge in [0.2, 0.25) is 5.91 Å². The number of allylic oxidation sites excluding steroid dienone is 1. The lowest BCUT2D eigenvalue weighted by Gasteiger charge is -2.10. The van der Waals surface area contributed by atoms with Gasteiger partial charge in [-0.05, 0) is 42.5 Å². The molecule has 0 fully saturated rings. The Morgan fingerprint density at radius 2 is 2.00 bits per heavy atom. The van der Waals surface area contributed by atoms with Crippen LogP contribution in [-0.4, -0.2) is 44.6 Å².